The smallest absolute Gasteiger partial charge is 0.307 e. The average Bonchev–Trinajstić information content (AvgIpc) is 3.24. The monoisotopic (exact) mass is 747 g/mol. The van der Waals surface area contributed by atoms with E-state index in [1.807, 2.05) is 49.0 Å². The van der Waals surface area contributed by atoms with Crippen molar-refractivity contribution >= 4 is 51.2 Å². The number of halogens is 2. The van der Waals surface area contributed by atoms with Crippen molar-refractivity contribution in [3.8, 4) is 17.2 Å². The number of carboxylic acids is 1. The number of aryl methyl sites for hydroxylation is 2. The number of rotatable bonds is 11. The molecule has 0 aliphatic carbocycles. The SMILES string of the molecule is Cc1cc(Oc2c(C)cc(CC(=O)O)cc2I)cc(I)c1OCc1cn(C(C)(C)CCOC(C)(C)C)nn1. The second-order valence-electron chi connectivity index (χ2n) is 10.9. The molecule has 3 rings (SSSR count). The van der Waals surface area contributed by atoms with Crippen LogP contribution < -0.4 is 9.47 Å². The summed E-state index contributed by atoms with van der Waals surface area (Å²) in [6.07, 6.45) is 2.72. The highest BCUT2D eigenvalue weighted by Gasteiger charge is 2.23. The van der Waals surface area contributed by atoms with Crippen LogP contribution in [0.25, 0.3) is 0 Å². The molecule has 0 spiro atoms. The number of hydrogen-bond donors (Lipinski definition) is 1. The summed E-state index contributed by atoms with van der Waals surface area (Å²) in [7, 11) is 0. The van der Waals surface area contributed by atoms with Crippen LogP contribution in [0.4, 0.5) is 0 Å². The van der Waals surface area contributed by atoms with E-state index in [4.69, 9.17) is 19.3 Å². The summed E-state index contributed by atoms with van der Waals surface area (Å²) >= 11 is 4.43. The third-order valence-electron chi connectivity index (χ3n) is 5.84. The van der Waals surface area contributed by atoms with Crippen molar-refractivity contribution in [2.24, 2.45) is 0 Å². The van der Waals surface area contributed by atoms with Crippen molar-refractivity contribution < 1.29 is 24.1 Å². The lowest BCUT2D eigenvalue weighted by Gasteiger charge is -2.27. The van der Waals surface area contributed by atoms with Gasteiger partial charge < -0.3 is 19.3 Å². The van der Waals surface area contributed by atoms with Gasteiger partial charge in [-0.1, -0.05) is 11.3 Å². The lowest BCUT2D eigenvalue weighted by atomic mass is 10.0. The first-order chi connectivity index (χ1) is 17.6. The second kappa shape index (κ2) is 12.5. The molecule has 0 bridgehead atoms. The molecule has 1 N–H and O–H groups in total. The third-order valence-corrected chi connectivity index (χ3v) is 7.44. The summed E-state index contributed by atoms with van der Waals surface area (Å²) in [5.74, 6) is 1.33. The minimum absolute atomic E-state index is 0.0168. The van der Waals surface area contributed by atoms with E-state index >= 15 is 0 Å². The van der Waals surface area contributed by atoms with Gasteiger partial charge in [-0.3, -0.25) is 4.79 Å². The predicted octanol–water partition coefficient (Wildman–Crippen LogP) is 7.04. The first-order valence-corrected chi connectivity index (χ1v) is 14.5. The highest BCUT2D eigenvalue weighted by Crippen LogP contribution is 2.36. The quantitative estimate of drug-likeness (QED) is 0.210. The van der Waals surface area contributed by atoms with Crippen molar-refractivity contribution in [2.75, 3.05) is 6.61 Å². The Bertz CT molecular complexity index is 1250. The average molecular weight is 747 g/mol. The molecular formula is C28H35I2N3O5. The zero-order valence-electron chi connectivity index (χ0n) is 22.9. The maximum Gasteiger partial charge on any atom is 0.307 e. The van der Waals surface area contributed by atoms with Gasteiger partial charge in [0.25, 0.3) is 0 Å². The van der Waals surface area contributed by atoms with Gasteiger partial charge in [0.2, 0.25) is 0 Å². The van der Waals surface area contributed by atoms with Gasteiger partial charge in [0.1, 0.15) is 29.5 Å². The van der Waals surface area contributed by atoms with E-state index in [1.165, 1.54) is 0 Å². The van der Waals surface area contributed by atoms with E-state index in [9.17, 15) is 4.79 Å². The van der Waals surface area contributed by atoms with Gasteiger partial charge in [-0.05, 0) is 135 Å². The minimum atomic E-state index is -0.855. The number of benzene rings is 2. The molecule has 0 radical (unpaired) electrons. The molecule has 206 valence electrons. The molecule has 38 heavy (non-hydrogen) atoms. The van der Waals surface area contributed by atoms with E-state index in [2.05, 4.69) is 90.1 Å². The number of aliphatic carboxylic acids is 1. The number of ether oxygens (including phenoxy) is 3. The van der Waals surface area contributed by atoms with Crippen molar-refractivity contribution in [2.45, 2.75) is 79.1 Å². The molecule has 0 saturated carbocycles. The molecule has 1 aromatic heterocycles. The first-order valence-electron chi connectivity index (χ1n) is 12.3. The Hall–Kier alpha value is -1.93. The van der Waals surface area contributed by atoms with Crippen LogP contribution in [-0.4, -0.2) is 38.3 Å². The van der Waals surface area contributed by atoms with Gasteiger partial charge >= 0.3 is 5.97 Å². The summed E-state index contributed by atoms with van der Waals surface area (Å²) in [5.41, 5.74) is 2.92. The van der Waals surface area contributed by atoms with Gasteiger partial charge in [-0.2, -0.15) is 0 Å². The van der Waals surface area contributed by atoms with Gasteiger partial charge in [-0.15, -0.1) is 5.10 Å². The van der Waals surface area contributed by atoms with Crippen LogP contribution in [0.1, 0.15) is 63.4 Å². The molecule has 0 aliphatic rings. The molecule has 0 aliphatic heterocycles. The number of carbonyl (C=O) groups is 1. The Morgan fingerprint density at radius 1 is 1.00 bits per heavy atom. The Labute approximate surface area is 251 Å². The van der Waals surface area contributed by atoms with E-state index in [-0.39, 0.29) is 17.6 Å². The van der Waals surface area contributed by atoms with Gasteiger partial charge in [0, 0.05) is 6.61 Å². The molecule has 10 heteroatoms. The van der Waals surface area contributed by atoms with Crippen LogP contribution in [0, 0.1) is 21.0 Å². The summed E-state index contributed by atoms with van der Waals surface area (Å²) in [4.78, 5) is 11.1. The largest absolute Gasteiger partial charge is 0.486 e. The summed E-state index contributed by atoms with van der Waals surface area (Å²) in [6.45, 7) is 15.2. The zero-order chi connectivity index (χ0) is 28.3. The van der Waals surface area contributed by atoms with Gasteiger partial charge in [0.15, 0.2) is 0 Å². The number of carboxylic acid groups (broad SMARTS) is 1. The minimum Gasteiger partial charge on any atom is -0.486 e. The number of aromatic nitrogens is 3. The van der Waals surface area contributed by atoms with Crippen LogP contribution >= 0.6 is 45.2 Å². The van der Waals surface area contributed by atoms with E-state index < -0.39 is 5.97 Å². The maximum absolute atomic E-state index is 11.1. The van der Waals surface area contributed by atoms with Crippen LogP contribution in [-0.2, 0) is 28.1 Å². The lowest BCUT2D eigenvalue weighted by Crippen LogP contribution is -2.30. The fraction of sp³-hybridized carbons (Fsp3) is 0.464. The van der Waals surface area contributed by atoms with Crippen LogP contribution in [0.3, 0.4) is 0 Å². The molecular weight excluding hydrogens is 712 g/mol. The van der Waals surface area contributed by atoms with E-state index in [0.29, 0.717) is 19.0 Å². The van der Waals surface area contributed by atoms with Gasteiger partial charge in [-0.25, -0.2) is 4.68 Å². The summed E-state index contributed by atoms with van der Waals surface area (Å²) < 4.78 is 21.9. The van der Waals surface area contributed by atoms with E-state index in [0.717, 1.165) is 47.4 Å². The predicted molar refractivity (Wildman–Crippen MR) is 163 cm³/mol. The van der Waals surface area contributed by atoms with Crippen molar-refractivity contribution in [1.82, 2.24) is 15.0 Å². The molecule has 3 aromatic rings. The van der Waals surface area contributed by atoms with Crippen LogP contribution in [0.5, 0.6) is 17.2 Å². The van der Waals surface area contributed by atoms with Crippen molar-refractivity contribution in [1.29, 1.82) is 0 Å². The Kier molecular flexibility index (Phi) is 10.1. The molecule has 2 aromatic carbocycles. The van der Waals surface area contributed by atoms with Crippen molar-refractivity contribution in [3.05, 3.63) is 60.0 Å². The highest BCUT2D eigenvalue weighted by molar-refractivity contribution is 14.1. The summed E-state index contributed by atoms with van der Waals surface area (Å²) in [5, 5.41) is 17.7. The molecule has 8 nitrogen and oxygen atoms in total. The fourth-order valence-electron chi connectivity index (χ4n) is 3.79. The number of nitrogens with zero attached hydrogens (tertiary/aromatic N) is 3. The Morgan fingerprint density at radius 3 is 2.26 bits per heavy atom. The molecule has 0 atom stereocenters. The zero-order valence-corrected chi connectivity index (χ0v) is 27.2. The Balaban J connectivity index is 1.67. The second-order valence-corrected chi connectivity index (χ2v) is 13.2. The molecule has 0 fully saturated rings. The fourth-order valence-corrected chi connectivity index (χ4v) is 5.62. The highest BCUT2D eigenvalue weighted by atomic mass is 127. The topological polar surface area (TPSA) is 95.7 Å². The number of hydrogen-bond acceptors (Lipinski definition) is 6. The van der Waals surface area contributed by atoms with Gasteiger partial charge in [0.05, 0.1) is 30.9 Å². The molecule has 0 amide bonds. The third kappa shape index (κ3) is 8.54. The normalized spacial score (nSPS) is 12.0. The lowest BCUT2D eigenvalue weighted by molar-refractivity contribution is -0.136. The molecule has 0 unspecified atom stereocenters. The first kappa shape index (κ1) is 30.6. The molecule has 1 heterocycles. The maximum atomic E-state index is 11.1. The van der Waals surface area contributed by atoms with Crippen molar-refractivity contribution in [3.63, 3.8) is 0 Å². The summed E-state index contributed by atoms with van der Waals surface area (Å²) in [6, 6.07) is 7.57. The standard InChI is InChI=1S/C28H35I2N3O5/c1-17-10-19(13-24(34)35)12-22(29)26(17)38-21-11-18(2)25(23(30)14-21)36-16-20-15-33(32-31-20)28(6,7)8-9-37-27(3,4)5/h10-12,14-15H,8-9,13,16H2,1-7H3,(H,34,35). The van der Waals surface area contributed by atoms with Crippen LogP contribution in [0.15, 0.2) is 30.5 Å². The van der Waals surface area contributed by atoms with E-state index in [1.54, 1.807) is 0 Å². The molecule has 0 saturated heterocycles. The van der Waals surface area contributed by atoms with Crippen LogP contribution in [0.2, 0.25) is 0 Å². The Morgan fingerprint density at radius 2 is 1.66 bits per heavy atom.